The molecule has 27 heavy (non-hydrogen) atoms. The van der Waals surface area contributed by atoms with E-state index in [9.17, 15) is 14.9 Å². The highest BCUT2D eigenvalue weighted by Gasteiger charge is 2.17. The van der Waals surface area contributed by atoms with Gasteiger partial charge in [-0.15, -0.1) is 0 Å². The fourth-order valence-corrected chi connectivity index (χ4v) is 3.07. The highest BCUT2D eigenvalue weighted by molar-refractivity contribution is 14.1. The van der Waals surface area contributed by atoms with Crippen LogP contribution in [0.2, 0.25) is 0 Å². The first-order valence-electron chi connectivity index (χ1n) is 7.48. The summed E-state index contributed by atoms with van der Waals surface area (Å²) in [5, 5.41) is 14.8. The number of ether oxygens (including phenoxy) is 3. The maximum absolute atomic E-state index is 12.3. The Balaban J connectivity index is 2.22. The first-order chi connectivity index (χ1) is 12.9. The summed E-state index contributed by atoms with van der Waals surface area (Å²) >= 11 is 2.09. The second-order valence-electron chi connectivity index (χ2n) is 5.08. The average Bonchev–Trinajstić information content (AvgIpc) is 2.66. The number of hydrogen-bond acceptors (Lipinski definition) is 7. The molecular formula is C17H16IN3O6. The maximum Gasteiger partial charge on any atom is 0.275 e. The zero-order valence-corrected chi connectivity index (χ0v) is 16.8. The molecular weight excluding hydrogens is 469 g/mol. The van der Waals surface area contributed by atoms with Gasteiger partial charge in [-0.05, 0) is 46.4 Å². The van der Waals surface area contributed by atoms with Crippen molar-refractivity contribution in [3.8, 4) is 17.2 Å². The van der Waals surface area contributed by atoms with Gasteiger partial charge >= 0.3 is 0 Å². The molecule has 1 amide bonds. The number of rotatable bonds is 7. The number of benzene rings is 2. The van der Waals surface area contributed by atoms with Crippen LogP contribution < -0.4 is 19.6 Å². The molecule has 0 spiro atoms. The third-order valence-electron chi connectivity index (χ3n) is 3.47. The van der Waals surface area contributed by atoms with Crippen LogP contribution in [-0.2, 0) is 0 Å². The maximum atomic E-state index is 12.3. The van der Waals surface area contributed by atoms with Crippen molar-refractivity contribution in [2.75, 3.05) is 21.3 Å². The van der Waals surface area contributed by atoms with Gasteiger partial charge in [-0.2, -0.15) is 5.10 Å². The van der Waals surface area contributed by atoms with Crippen LogP contribution in [-0.4, -0.2) is 38.4 Å². The zero-order chi connectivity index (χ0) is 20.0. The molecule has 0 saturated carbocycles. The van der Waals surface area contributed by atoms with Crippen LogP contribution in [0.5, 0.6) is 17.2 Å². The number of carbonyl (C=O) groups is 1. The second-order valence-corrected chi connectivity index (χ2v) is 6.24. The molecule has 0 saturated heterocycles. The standard InChI is InChI=1S/C17H16IN3O6/c1-25-14-5-4-11(21(23)24)8-12(14)17(22)20-19-9-10-6-13(18)16(27-3)15(7-10)26-2/h4-9H,1-3H3,(H,20,22). The van der Waals surface area contributed by atoms with Gasteiger partial charge in [0.25, 0.3) is 11.6 Å². The second kappa shape index (κ2) is 9.16. The molecule has 9 nitrogen and oxygen atoms in total. The topological polar surface area (TPSA) is 112 Å². The molecule has 0 unspecified atom stereocenters. The van der Waals surface area contributed by atoms with Crippen molar-refractivity contribution < 1.29 is 23.9 Å². The molecule has 0 radical (unpaired) electrons. The Morgan fingerprint density at radius 2 is 1.85 bits per heavy atom. The van der Waals surface area contributed by atoms with E-state index < -0.39 is 10.8 Å². The van der Waals surface area contributed by atoms with Crippen LogP contribution in [0.1, 0.15) is 15.9 Å². The fourth-order valence-electron chi connectivity index (χ4n) is 2.23. The largest absolute Gasteiger partial charge is 0.496 e. The lowest BCUT2D eigenvalue weighted by molar-refractivity contribution is -0.384. The van der Waals surface area contributed by atoms with E-state index in [1.165, 1.54) is 32.6 Å². The first kappa shape index (κ1) is 20.4. The summed E-state index contributed by atoms with van der Waals surface area (Å²) in [5.74, 6) is 0.689. The molecule has 2 rings (SSSR count). The van der Waals surface area contributed by atoms with E-state index in [4.69, 9.17) is 14.2 Å². The number of nitrogens with one attached hydrogen (secondary N) is 1. The van der Waals surface area contributed by atoms with Crippen LogP contribution in [0.25, 0.3) is 0 Å². The lowest BCUT2D eigenvalue weighted by Crippen LogP contribution is -2.18. The van der Waals surface area contributed by atoms with Crippen LogP contribution >= 0.6 is 22.6 Å². The molecule has 2 aromatic rings. The Kier molecular flexibility index (Phi) is 6.93. The molecule has 0 bridgehead atoms. The molecule has 0 aliphatic carbocycles. The van der Waals surface area contributed by atoms with E-state index in [0.717, 1.165) is 9.64 Å². The van der Waals surface area contributed by atoms with Crippen LogP contribution in [0.4, 0.5) is 5.69 Å². The van der Waals surface area contributed by atoms with Crippen molar-refractivity contribution in [1.29, 1.82) is 0 Å². The Hall–Kier alpha value is -2.89. The van der Waals surface area contributed by atoms with E-state index in [-0.39, 0.29) is 17.0 Å². The quantitative estimate of drug-likeness (QED) is 0.279. The third kappa shape index (κ3) is 4.84. The molecule has 0 heterocycles. The molecule has 0 aromatic heterocycles. The van der Waals surface area contributed by atoms with Gasteiger partial charge in [0.15, 0.2) is 11.5 Å². The highest BCUT2D eigenvalue weighted by Crippen LogP contribution is 2.33. The van der Waals surface area contributed by atoms with Crippen molar-refractivity contribution in [3.05, 3.63) is 55.1 Å². The number of non-ortho nitro benzene ring substituents is 1. The predicted molar refractivity (Wildman–Crippen MR) is 107 cm³/mol. The van der Waals surface area contributed by atoms with E-state index in [0.29, 0.717) is 17.1 Å². The van der Waals surface area contributed by atoms with Crippen molar-refractivity contribution in [2.24, 2.45) is 5.10 Å². The van der Waals surface area contributed by atoms with Gasteiger partial charge in [0, 0.05) is 12.1 Å². The van der Waals surface area contributed by atoms with E-state index in [1.54, 1.807) is 19.2 Å². The Labute approximate surface area is 168 Å². The number of halogens is 1. The third-order valence-corrected chi connectivity index (χ3v) is 4.28. The molecule has 10 heteroatoms. The number of hydrazone groups is 1. The Bertz CT molecular complexity index is 900. The summed E-state index contributed by atoms with van der Waals surface area (Å²) in [6, 6.07) is 7.23. The van der Waals surface area contributed by atoms with Gasteiger partial charge < -0.3 is 14.2 Å². The molecule has 0 fully saturated rings. The number of amides is 1. The molecule has 0 atom stereocenters. The highest BCUT2D eigenvalue weighted by atomic mass is 127. The van der Waals surface area contributed by atoms with Crippen molar-refractivity contribution in [1.82, 2.24) is 5.43 Å². The number of methoxy groups -OCH3 is 3. The summed E-state index contributed by atoms with van der Waals surface area (Å²) in [6.07, 6.45) is 1.42. The van der Waals surface area contributed by atoms with Gasteiger partial charge in [0.05, 0.1) is 41.6 Å². The van der Waals surface area contributed by atoms with Crippen LogP contribution in [0.15, 0.2) is 35.4 Å². The molecule has 0 aliphatic rings. The van der Waals surface area contributed by atoms with E-state index in [2.05, 4.69) is 33.1 Å². The first-order valence-corrected chi connectivity index (χ1v) is 8.56. The minimum Gasteiger partial charge on any atom is -0.496 e. The van der Waals surface area contributed by atoms with Gasteiger partial charge in [-0.3, -0.25) is 14.9 Å². The van der Waals surface area contributed by atoms with E-state index in [1.807, 2.05) is 0 Å². The summed E-state index contributed by atoms with van der Waals surface area (Å²) in [6.45, 7) is 0. The number of nitro benzene ring substituents is 1. The number of nitrogens with zero attached hydrogens (tertiary/aromatic N) is 2. The Morgan fingerprint density at radius 1 is 1.15 bits per heavy atom. The van der Waals surface area contributed by atoms with Crippen molar-refractivity contribution in [2.45, 2.75) is 0 Å². The molecule has 142 valence electrons. The predicted octanol–water partition coefficient (Wildman–Crippen LogP) is 2.99. The number of carbonyl (C=O) groups excluding carboxylic acids is 1. The fraction of sp³-hybridized carbons (Fsp3) is 0.176. The molecule has 0 aliphatic heterocycles. The zero-order valence-electron chi connectivity index (χ0n) is 14.7. The lowest BCUT2D eigenvalue weighted by atomic mass is 10.1. The summed E-state index contributed by atoms with van der Waals surface area (Å²) < 4.78 is 16.4. The number of nitro groups is 1. The SMILES string of the molecule is COc1ccc([N+](=O)[O-])cc1C(=O)NN=Cc1cc(I)c(OC)c(OC)c1. The number of hydrogen-bond donors (Lipinski definition) is 1. The molecule has 2 aromatic carbocycles. The van der Waals surface area contributed by atoms with Gasteiger partial charge in [-0.1, -0.05) is 0 Å². The monoisotopic (exact) mass is 485 g/mol. The smallest absolute Gasteiger partial charge is 0.275 e. The summed E-state index contributed by atoms with van der Waals surface area (Å²) in [5.41, 5.74) is 2.78. The van der Waals surface area contributed by atoms with Crippen LogP contribution in [0, 0.1) is 13.7 Å². The van der Waals surface area contributed by atoms with E-state index >= 15 is 0 Å². The minimum absolute atomic E-state index is 0.00532. The van der Waals surface area contributed by atoms with Crippen LogP contribution in [0.3, 0.4) is 0 Å². The summed E-state index contributed by atoms with van der Waals surface area (Å²) in [7, 11) is 4.43. The van der Waals surface area contributed by atoms with Gasteiger partial charge in [0.1, 0.15) is 5.75 Å². The van der Waals surface area contributed by atoms with Crippen molar-refractivity contribution in [3.63, 3.8) is 0 Å². The van der Waals surface area contributed by atoms with Gasteiger partial charge in [0.2, 0.25) is 0 Å². The van der Waals surface area contributed by atoms with Crippen molar-refractivity contribution >= 4 is 40.4 Å². The van der Waals surface area contributed by atoms with Gasteiger partial charge in [-0.25, -0.2) is 5.43 Å². The normalized spacial score (nSPS) is 10.5. The average molecular weight is 485 g/mol. The minimum atomic E-state index is -0.637. The molecule has 1 N–H and O–H groups in total. The summed E-state index contributed by atoms with van der Waals surface area (Å²) in [4.78, 5) is 22.6. The Morgan fingerprint density at radius 3 is 2.44 bits per heavy atom. The lowest BCUT2D eigenvalue weighted by Gasteiger charge is -2.10.